The molecule has 13 heavy (non-hydrogen) atoms. The van der Waals surface area contributed by atoms with E-state index >= 15 is 0 Å². The molecule has 1 saturated heterocycles. The van der Waals surface area contributed by atoms with E-state index in [0.29, 0.717) is 0 Å². The molecular formula is C10H14N2O. The molecule has 1 aliphatic rings. The standard InChI is InChI=1S/C10H14N2O/c1-10(2)11-9(12-13-10)8-6-4-3-5-7-8/h3-7,9,11-12H,1-2H3. The summed E-state index contributed by atoms with van der Waals surface area (Å²) in [6.07, 6.45) is 0.0937. The molecular weight excluding hydrogens is 164 g/mol. The SMILES string of the molecule is CC1(C)NC(c2ccccc2)NO1. The summed E-state index contributed by atoms with van der Waals surface area (Å²) >= 11 is 0. The summed E-state index contributed by atoms with van der Waals surface area (Å²) in [5, 5.41) is 3.31. The Bertz CT molecular complexity index is 284. The van der Waals surface area contributed by atoms with Crippen molar-refractivity contribution in [1.29, 1.82) is 0 Å². The first-order chi connectivity index (χ1) is 6.17. The van der Waals surface area contributed by atoms with Gasteiger partial charge in [-0.2, -0.15) is 5.48 Å². The highest BCUT2D eigenvalue weighted by molar-refractivity contribution is 5.18. The van der Waals surface area contributed by atoms with Crippen molar-refractivity contribution < 1.29 is 4.84 Å². The van der Waals surface area contributed by atoms with Gasteiger partial charge in [-0.1, -0.05) is 30.3 Å². The van der Waals surface area contributed by atoms with Crippen molar-refractivity contribution in [1.82, 2.24) is 10.8 Å². The summed E-state index contributed by atoms with van der Waals surface area (Å²) in [6.45, 7) is 3.98. The maximum absolute atomic E-state index is 5.35. The zero-order valence-electron chi connectivity index (χ0n) is 7.87. The Morgan fingerprint density at radius 3 is 2.46 bits per heavy atom. The van der Waals surface area contributed by atoms with Gasteiger partial charge in [0.05, 0.1) is 0 Å². The average molecular weight is 178 g/mol. The lowest BCUT2D eigenvalue weighted by Crippen LogP contribution is -2.34. The first-order valence-corrected chi connectivity index (χ1v) is 4.43. The van der Waals surface area contributed by atoms with Crippen molar-refractivity contribution in [2.75, 3.05) is 0 Å². The lowest BCUT2D eigenvalue weighted by molar-refractivity contribution is -0.0383. The minimum absolute atomic E-state index is 0.0937. The third-order valence-electron chi connectivity index (χ3n) is 2.06. The first-order valence-electron chi connectivity index (χ1n) is 4.43. The molecule has 0 spiro atoms. The molecule has 2 N–H and O–H groups in total. The fourth-order valence-electron chi connectivity index (χ4n) is 1.41. The highest BCUT2D eigenvalue weighted by Crippen LogP contribution is 2.20. The van der Waals surface area contributed by atoms with Crippen LogP contribution in [0, 0.1) is 0 Å². The van der Waals surface area contributed by atoms with E-state index < -0.39 is 0 Å². The van der Waals surface area contributed by atoms with Crippen molar-refractivity contribution in [2.45, 2.75) is 25.7 Å². The van der Waals surface area contributed by atoms with E-state index in [2.05, 4.69) is 22.9 Å². The van der Waals surface area contributed by atoms with Crippen LogP contribution in [0.4, 0.5) is 0 Å². The van der Waals surface area contributed by atoms with Gasteiger partial charge in [0.15, 0.2) is 0 Å². The van der Waals surface area contributed by atoms with Crippen molar-refractivity contribution in [3.05, 3.63) is 35.9 Å². The molecule has 0 aromatic heterocycles. The van der Waals surface area contributed by atoms with Crippen molar-refractivity contribution >= 4 is 0 Å². The van der Waals surface area contributed by atoms with Gasteiger partial charge in [-0.25, -0.2) is 0 Å². The average Bonchev–Trinajstić information content (AvgIpc) is 2.48. The van der Waals surface area contributed by atoms with Crippen molar-refractivity contribution in [2.24, 2.45) is 0 Å². The van der Waals surface area contributed by atoms with E-state index in [-0.39, 0.29) is 11.9 Å². The van der Waals surface area contributed by atoms with Gasteiger partial charge in [-0.15, -0.1) is 0 Å². The molecule has 70 valence electrons. The predicted molar refractivity (Wildman–Crippen MR) is 50.6 cm³/mol. The highest BCUT2D eigenvalue weighted by atomic mass is 16.7. The predicted octanol–water partition coefficient (Wildman–Crippen LogP) is 1.55. The third kappa shape index (κ3) is 1.88. The molecule has 1 aliphatic heterocycles. The van der Waals surface area contributed by atoms with Gasteiger partial charge in [0.2, 0.25) is 0 Å². The van der Waals surface area contributed by atoms with Crippen LogP contribution in [0.1, 0.15) is 25.6 Å². The second-order valence-corrected chi connectivity index (χ2v) is 3.72. The first kappa shape index (κ1) is 8.69. The smallest absolute Gasteiger partial charge is 0.136 e. The molecule has 0 saturated carbocycles. The summed E-state index contributed by atoms with van der Waals surface area (Å²) in [6, 6.07) is 10.2. The molecule has 1 fully saturated rings. The lowest BCUT2D eigenvalue weighted by atomic mass is 10.1. The maximum Gasteiger partial charge on any atom is 0.136 e. The van der Waals surface area contributed by atoms with Gasteiger partial charge in [-0.05, 0) is 19.4 Å². The van der Waals surface area contributed by atoms with Gasteiger partial charge in [0, 0.05) is 0 Å². The van der Waals surface area contributed by atoms with Crippen LogP contribution in [0.3, 0.4) is 0 Å². The van der Waals surface area contributed by atoms with Crippen LogP contribution in [0.5, 0.6) is 0 Å². The molecule has 3 nitrogen and oxygen atoms in total. The molecule has 1 unspecified atom stereocenters. The van der Waals surface area contributed by atoms with Gasteiger partial charge >= 0.3 is 0 Å². The second kappa shape index (κ2) is 3.10. The van der Waals surface area contributed by atoms with Crippen LogP contribution in [0.25, 0.3) is 0 Å². The van der Waals surface area contributed by atoms with Crippen LogP contribution in [-0.2, 0) is 4.84 Å². The molecule has 1 aromatic rings. The summed E-state index contributed by atoms with van der Waals surface area (Å²) in [5.74, 6) is 0. The van der Waals surface area contributed by atoms with E-state index in [1.165, 1.54) is 5.56 Å². The molecule has 3 heteroatoms. The van der Waals surface area contributed by atoms with Crippen molar-refractivity contribution in [3.8, 4) is 0 Å². The number of hydrogen-bond donors (Lipinski definition) is 2. The number of rotatable bonds is 1. The molecule has 2 rings (SSSR count). The summed E-state index contributed by atoms with van der Waals surface area (Å²) in [7, 11) is 0. The van der Waals surface area contributed by atoms with E-state index in [0.717, 1.165) is 0 Å². The third-order valence-corrected chi connectivity index (χ3v) is 2.06. The van der Waals surface area contributed by atoms with Crippen molar-refractivity contribution in [3.63, 3.8) is 0 Å². The quantitative estimate of drug-likeness (QED) is 0.684. The second-order valence-electron chi connectivity index (χ2n) is 3.72. The number of hydroxylamine groups is 1. The summed E-state index contributed by atoms with van der Waals surface area (Å²) in [5.41, 5.74) is 3.85. The zero-order valence-corrected chi connectivity index (χ0v) is 7.87. The Kier molecular flexibility index (Phi) is 2.07. The minimum atomic E-state index is -0.291. The summed E-state index contributed by atoms with van der Waals surface area (Å²) < 4.78 is 0. The van der Waals surface area contributed by atoms with E-state index in [1.54, 1.807) is 0 Å². The van der Waals surface area contributed by atoms with Crippen LogP contribution in [0.15, 0.2) is 30.3 Å². The maximum atomic E-state index is 5.35. The zero-order chi connectivity index (χ0) is 9.31. The normalized spacial score (nSPS) is 26.2. The van der Waals surface area contributed by atoms with Crippen LogP contribution in [0.2, 0.25) is 0 Å². The van der Waals surface area contributed by atoms with Gasteiger partial charge in [0.1, 0.15) is 11.9 Å². The Morgan fingerprint density at radius 2 is 1.92 bits per heavy atom. The lowest BCUT2D eigenvalue weighted by Gasteiger charge is -2.15. The Labute approximate surface area is 78.1 Å². The van der Waals surface area contributed by atoms with Crippen LogP contribution in [-0.4, -0.2) is 5.72 Å². The Hall–Kier alpha value is -0.900. The number of benzene rings is 1. The molecule has 1 atom stereocenters. The Morgan fingerprint density at radius 1 is 1.23 bits per heavy atom. The van der Waals surface area contributed by atoms with Gasteiger partial charge in [-0.3, -0.25) is 10.2 Å². The molecule has 1 aromatic carbocycles. The van der Waals surface area contributed by atoms with E-state index in [1.807, 2.05) is 32.0 Å². The largest absolute Gasteiger partial charge is 0.278 e. The van der Waals surface area contributed by atoms with Gasteiger partial charge in [0.25, 0.3) is 0 Å². The monoisotopic (exact) mass is 178 g/mol. The topological polar surface area (TPSA) is 33.3 Å². The summed E-state index contributed by atoms with van der Waals surface area (Å²) in [4.78, 5) is 5.35. The minimum Gasteiger partial charge on any atom is -0.278 e. The van der Waals surface area contributed by atoms with Gasteiger partial charge < -0.3 is 0 Å². The molecule has 1 heterocycles. The number of nitrogens with one attached hydrogen (secondary N) is 2. The molecule has 0 radical (unpaired) electrons. The number of hydrogen-bond acceptors (Lipinski definition) is 3. The van der Waals surface area contributed by atoms with E-state index in [4.69, 9.17) is 4.84 Å². The fraction of sp³-hybridized carbons (Fsp3) is 0.400. The molecule has 0 bridgehead atoms. The molecule has 0 amide bonds. The highest BCUT2D eigenvalue weighted by Gasteiger charge is 2.31. The molecule has 0 aliphatic carbocycles. The fourth-order valence-corrected chi connectivity index (χ4v) is 1.41. The Balaban J connectivity index is 2.13. The van der Waals surface area contributed by atoms with Crippen LogP contribution < -0.4 is 10.8 Å². The van der Waals surface area contributed by atoms with Crippen LogP contribution >= 0.6 is 0 Å². The van der Waals surface area contributed by atoms with E-state index in [9.17, 15) is 0 Å².